The fourth-order valence-electron chi connectivity index (χ4n) is 2.27. The lowest BCUT2D eigenvalue weighted by molar-refractivity contribution is 0.331. The van der Waals surface area contributed by atoms with Crippen molar-refractivity contribution in [1.29, 1.82) is 0 Å². The second-order valence-electron chi connectivity index (χ2n) is 4.41. The Bertz CT molecular complexity index is 593. The number of hydrogen-bond acceptors (Lipinski definition) is 4. The van der Waals surface area contributed by atoms with Crippen molar-refractivity contribution < 1.29 is 4.74 Å². The third-order valence-electron chi connectivity index (χ3n) is 3.23. The van der Waals surface area contributed by atoms with Crippen LogP contribution in [0.4, 0.5) is 0 Å². The monoisotopic (exact) mass is 245 g/mol. The molecule has 2 heterocycles. The van der Waals surface area contributed by atoms with E-state index in [1.807, 2.05) is 20.8 Å². The van der Waals surface area contributed by atoms with Gasteiger partial charge in [0.1, 0.15) is 0 Å². The van der Waals surface area contributed by atoms with E-state index in [9.17, 15) is 0 Å². The minimum atomic E-state index is 0.486. The SMILES string of the molecule is CCOc1ncc(C)c2nc(C)c(CN)c(C)c12. The van der Waals surface area contributed by atoms with Crippen LogP contribution in [-0.4, -0.2) is 16.6 Å². The molecule has 4 heteroatoms. The summed E-state index contributed by atoms with van der Waals surface area (Å²) in [4.78, 5) is 9.01. The average Bonchev–Trinajstić information content (AvgIpc) is 2.33. The van der Waals surface area contributed by atoms with Crippen molar-refractivity contribution in [2.24, 2.45) is 5.73 Å². The molecule has 4 nitrogen and oxygen atoms in total. The van der Waals surface area contributed by atoms with Gasteiger partial charge in [-0.3, -0.25) is 4.98 Å². The molecule has 96 valence electrons. The van der Waals surface area contributed by atoms with E-state index in [1.54, 1.807) is 6.20 Å². The standard InChI is InChI=1S/C14H19N3O/c1-5-18-14-12-9(3)11(6-15)10(4)17-13(12)8(2)7-16-14/h7H,5-6,15H2,1-4H3. The lowest BCUT2D eigenvalue weighted by Crippen LogP contribution is -2.07. The molecular formula is C14H19N3O. The minimum Gasteiger partial charge on any atom is -0.477 e. The van der Waals surface area contributed by atoms with E-state index in [-0.39, 0.29) is 0 Å². The van der Waals surface area contributed by atoms with Gasteiger partial charge in [-0.2, -0.15) is 0 Å². The van der Waals surface area contributed by atoms with Gasteiger partial charge in [-0.05, 0) is 44.4 Å². The zero-order valence-corrected chi connectivity index (χ0v) is 11.4. The van der Waals surface area contributed by atoms with Crippen LogP contribution in [0.5, 0.6) is 5.88 Å². The summed E-state index contributed by atoms with van der Waals surface area (Å²) in [5.74, 6) is 0.651. The Hall–Kier alpha value is -1.68. The Kier molecular flexibility index (Phi) is 3.48. The Labute approximate surface area is 107 Å². The van der Waals surface area contributed by atoms with E-state index < -0.39 is 0 Å². The Morgan fingerprint density at radius 2 is 2.00 bits per heavy atom. The van der Waals surface area contributed by atoms with Crippen molar-refractivity contribution in [2.45, 2.75) is 34.2 Å². The van der Waals surface area contributed by atoms with Gasteiger partial charge in [0.25, 0.3) is 0 Å². The molecular weight excluding hydrogens is 226 g/mol. The van der Waals surface area contributed by atoms with Gasteiger partial charge in [0, 0.05) is 18.4 Å². The first-order valence-corrected chi connectivity index (χ1v) is 6.18. The predicted molar refractivity (Wildman–Crippen MR) is 72.8 cm³/mol. The van der Waals surface area contributed by atoms with E-state index in [4.69, 9.17) is 10.5 Å². The number of aromatic nitrogens is 2. The van der Waals surface area contributed by atoms with Gasteiger partial charge in [-0.1, -0.05) is 0 Å². The summed E-state index contributed by atoms with van der Waals surface area (Å²) in [5.41, 5.74) is 11.0. The van der Waals surface area contributed by atoms with E-state index in [0.717, 1.165) is 33.3 Å². The van der Waals surface area contributed by atoms with Crippen LogP contribution in [-0.2, 0) is 6.54 Å². The molecule has 0 aliphatic rings. The van der Waals surface area contributed by atoms with Crippen LogP contribution in [0.3, 0.4) is 0 Å². The maximum atomic E-state index is 5.80. The Balaban J connectivity index is 2.87. The fraction of sp³-hybridized carbons (Fsp3) is 0.429. The van der Waals surface area contributed by atoms with Gasteiger partial charge in [0.15, 0.2) is 0 Å². The van der Waals surface area contributed by atoms with E-state index in [1.165, 1.54) is 0 Å². The number of ether oxygens (including phenoxy) is 1. The van der Waals surface area contributed by atoms with Gasteiger partial charge >= 0.3 is 0 Å². The fourth-order valence-corrected chi connectivity index (χ4v) is 2.27. The highest BCUT2D eigenvalue weighted by Gasteiger charge is 2.14. The van der Waals surface area contributed by atoms with Gasteiger partial charge in [0.2, 0.25) is 5.88 Å². The van der Waals surface area contributed by atoms with Gasteiger partial charge in [-0.15, -0.1) is 0 Å². The number of nitrogens with zero attached hydrogens (tertiary/aromatic N) is 2. The predicted octanol–water partition coefficient (Wildman–Crippen LogP) is 2.41. The first-order valence-electron chi connectivity index (χ1n) is 6.18. The van der Waals surface area contributed by atoms with Crippen molar-refractivity contribution in [3.8, 4) is 5.88 Å². The number of nitrogens with two attached hydrogens (primary N) is 1. The van der Waals surface area contributed by atoms with E-state index >= 15 is 0 Å². The van der Waals surface area contributed by atoms with Crippen molar-refractivity contribution >= 4 is 10.9 Å². The molecule has 0 fully saturated rings. The Morgan fingerprint density at radius 1 is 1.28 bits per heavy atom. The molecule has 2 aromatic heterocycles. The molecule has 0 amide bonds. The smallest absolute Gasteiger partial charge is 0.223 e. The minimum absolute atomic E-state index is 0.486. The maximum Gasteiger partial charge on any atom is 0.223 e. The second kappa shape index (κ2) is 4.90. The number of aryl methyl sites for hydroxylation is 3. The summed E-state index contributed by atoms with van der Waals surface area (Å²) in [7, 11) is 0. The van der Waals surface area contributed by atoms with Crippen LogP contribution in [0.1, 0.15) is 29.3 Å². The topological polar surface area (TPSA) is 61.0 Å². The number of pyridine rings is 2. The second-order valence-corrected chi connectivity index (χ2v) is 4.41. The number of fused-ring (bicyclic) bond motifs is 1. The summed E-state index contributed by atoms with van der Waals surface area (Å²) >= 11 is 0. The molecule has 2 aromatic rings. The van der Waals surface area contributed by atoms with Crippen molar-refractivity contribution in [3.05, 3.63) is 28.6 Å². The van der Waals surface area contributed by atoms with E-state index in [0.29, 0.717) is 19.0 Å². The van der Waals surface area contributed by atoms with E-state index in [2.05, 4.69) is 16.9 Å². The molecule has 0 aromatic carbocycles. The molecule has 0 saturated carbocycles. The largest absolute Gasteiger partial charge is 0.477 e. The summed E-state index contributed by atoms with van der Waals surface area (Å²) in [5, 5.41) is 0.989. The molecule has 2 rings (SSSR count). The lowest BCUT2D eigenvalue weighted by Gasteiger charge is -2.14. The first-order chi connectivity index (χ1) is 8.60. The van der Waals surface area contributed by atoms with Crippen LogP contribution < -0.4 is 10.5 Å². The highest BCUT2D eigenvalue weighted by atomic mass is 16.5. The highest BCUT2D eigenvalue weighted by Crippen LogP contribution is 2.30. The van der Waals surface area contributed by atoms with Crippen molar-refractivity contribution in [2.75, 3.05) is 6.61 Å². The van der Waals surface area contributed by atoms with Crippen LogP contribution in [0, 0.1) is 20.8 Å². The third kappa shape index (κ3) is 1.93. The first kappa shape index (κ1) is 12.8. The molecule has 0 unspecified atom stereocenters. The van der Waals surface area contributed by atoms with Crippen LogP contribution in [0.25, 0.3) is 10.9 Å². The summed E-state index contributed by atoms with van der Waals surface area (Å²) in [6, 6.07) is 0. The maximum absolute atomic E-state index is 5.80. The zero-order chi connectivity index (χ0) is 13.3. The van der Waals surface area contributed by atoms with Crippen LogP contribution >= 0.6 is 0 Å². The summed E-state index contributed by atoms with van der Waals surface area (Å²) < 4.78 is 5.60. The van der Waals surface area contributed by atoms with Gasteiger partial charge < -0.3 is 10.5 Å². The molecule has 18 heavy (non-hydrogen) atoms. The lowest BCUT2D eigenvalue weighted by atomic mass is 10.0. The molecule has 0 aliphatic carbocycles. The zero-order valence-electron chi connectivity index (χ0n) is 11.4. The van der Waals surface area contributed by atoms with Crippen LogP contribution in [0.15, 0.2) is 6.20 Å². The molecule has 0 radical (unpaired) electrons. The average molecular weight is 245 g/mol. The number of rotatable bonds is 3. The van der Waals surface area contributed by atoms with Crippen molar-refractivity contribution in [1.82, 2.24) is 9.97 Å². The molecule has 0 spiro atoms. The molecule has 2 N–H and O–H groups in total. The normalized spacial score (nSPS) is 10.9. The number of hydrogen-bond donors (Lipinski definition) is 1. The molecule has 0 aliphatic heterocycles. The quantitative estimate of drug-likeness (QED) is 0.902. The third-order valence-corrected chi connectivity index (χ3v) is 3.23. The molecule has 0 bridgehead atoms. The summed E-state index contributed by atoms with van der Waals surface area (Å²) in [6.07, 6.45) is 1.81. The molecule has 0 atom stereocenters. The molecule has 0 saturated heterocycles. The van der Waals surface area contributed by atoms with Crippen LogP contribution in [0.2, 0.25) is 0 Å². The Morgan fingerprint density at radius 3 is 2.61 bits per heavy atom. The van der Waals surface area contributed by atoms with Gasteiger partial charge in [-0.25, -0.2) is 4.98 Å². The summed E-state index contributed by atoms with van der Waals surface area (Å²) in [6.45, 7) is 9.10. The van der Waals surface area contributed by atoms with Crippen molar-refractivity contribution in [3.63, 3.8) is 0 Å². The highest BCUT2D eigenvalue weighted by molar-refractivity contribution is 5.90. The van der Waals surface area contributed by atoms with Gasteiger partial charge in [0.05, 0.1) is 17.5 Å².